The zero-order chi connectivity index (χ0) is 20.1. The van der Waals surface area contributed by atoms with Crippen molar-refractivity contribution in [2.45, 2.75) is 64.3 Å². The SMILES string of the molecule is CCOCCOC1CCN(C(=O)Cn2nc(C(F)(F)F)c3c2CCCC3)CC1. The highest BCUT2D eigenvalue weighted by Gasteiger charge is 2.39. The second kappa shape index (κ2) is 9.26. The number of halogens is 3. The number of rotatable bonds is 7. The Kier molecular flexibility index (Phi) is 6.98. The fourth-order valence-corrected chi connectivity index (χ4v) is 3.95. The zero-order valence-corrected chi connectivity index (χ0v) is 16.3. The van der Waals surface area contributed by atoms with Gasteiger partial charge in [-0.2, -0.15) is 18.3 Å². The van der Waals surface area contributed by atoms with Crippen LogP contribution in [0.1, 0.15) is 49.6 Å². The minimum Gasteiger partial charge on any atom is -0.379 e. The minimum atomic E-state index is -4.48. The highest BCUT2D eigenvalue weighted by molar-refractivity contribution is 5.76. The molecule has 2 heterocycles. The molecule has 0 aromatic carbocycles. The number of alkyl halides is 3. The lowest BCUT2D eigenvalue weighted by Crippen LogP contribution is -2.42. The summed E-state index contributed by atoms with van der Waals surface area (Å²) in [5.41, 5.74) is 0.0189. The van der Waals surface area contributed by atoms with Gasteiger partial charge in [0.05, 0.1) is 19.3 Å². The van der Waals surface area contributed by atoms with Crippen LogP contribution >= 0.6 is 0 Å². The molecule has 28 heavy (non-hydrogen) atoms. The molecule has 1 aromatic rings. The first-order valence-corrected chi connectivity index (χ1v) is 10.0. The van der Waals surface area contributed by atoms with Crippen LogP contribution in [-0.2, 0) is 39.8 Å². The molecule has 0 atom stereocenters. The molecule has 0 radical (unpaired) electrons. The van der Waals surface area contributed by atoms with Crippen LogP contribution in [0.25, 0.3) is 0 Å². The van der Waals surface area contributed by atoms with Gasteiger partial charge in [0.1, 0.15) is 6.54 Å². The maximum Gasteiger partial charge on any atom is 0.435 e. The van der Waals surface area contributed by atoms with Gasteiger partial charge in [-0.25, -0.2) is 0 Å². The summed E-state index contributed by atoms with van der Waals surface area (Å²) in [4.78, 5) is 14.3. The zero-order valence-electron chi connectivity index (χ0n) is 16.3. The second-order valence-corrected chi connectivity index (χ2v) is 7.28. The van der Waals surface area contributed by atoms with E-state index in [9.17, 15) is 18.0 Å². The van der Waals surface area contributed by atoms with Gasteiger partial charge in [-0.3, -0.25) is 9.48 Å². The van der Waals surface area contributed by atoms with Crippen molar-refractivity contribution in [3.63, 3.8) is 0 Å². The van der Waals surface area contributed by atoms with E-state index in [2.05, 4.69) is 5.10 Å². The number of hydrogen-bond donors (Lipinski definition) is 0. The molecule has 0 saturated carbocycles. The van der Waals surface area contributed by atoms with E-state index in [1.165, 1.54) is 4.68 Å². The molecule has 1 saturated heterocycles. The summed E-state index contributed by atoms with van der Waals surface area (Å²) in [5.74, 6) is -0.183. The Labute approximate surface area is 163 Å². The van der Waals surface area contributed by atoms with E-state index in [-0.39, 0.29) is 24.1 Å². The highest BCUT2D eigenvalue weighted by atomic mass is 19.4. The lowest BCUT2D eigenvalue weighted by Gasteiger charge is -2.32. The van der Waals surface area contributed by atoms with E-state index >= 15 is 0 Å². The number of piperidine rings is 1. The van der Waals surface area contributed by atoms with E-state index in [4.69, 9.17) is 9.47 Å². The quantitative estimate of drug-likeness (QED) is 0.657. The summed E-state index contributed by atoms with van der Waals surface area (Å²) in [7, 11) is 0. The molecule has 0 spiro atoms. The summed E-state index contributed by atoms with van der Waals surface area (Å²) in [5, 5.41) is 3.78. The van der Waals surface area contributed by atoms with Gasteiger partial charge in [0, 0.05) is 31.0 Å². The molecule has 2 aliphatic rings. The molecule has 3 rings (SSSR count). The summed E-state index contributed by atoms with van der Waals surface area (Å²) >= 11 is 0. The Hall–Kier alpha value is -1.61. The molecule has 1 aromatic heterocycles. The molecule has 6 nitrogen and oxygen atoms in total. The van der Waals surface area contributed by atoms with Crippen LogP contribution in [0.15, 0.2) is 0 Å². The first-order valence-electron chi connectivity index (χ1n) is 10.0. The van der Waals surface area contributed by atoms with Crippen LogP contribution in [0.5, 0.6) is 0 Å². The fraction of sp³-hybridized carbons (Fsp3) is 0.789. The number of aromatic nitrogens is 2. The summed E-state index contributed by atoms with van der Waals surface area (Å²) in [6.45, 7) is 4.64. The third-order valence-electron chi connectivity index (χ3n) is 5.39. The summed E-state index contributed by atoms with van der Waals surface area (Å²) in [6, 6.07) is 0. The van der Waals surface area contributed by atoms with Crippen LogP contribution in [-0.4, -0.2) is 59.6 Å². The molecule has 0 bridgehead atoms. The average Bonchev–Trinajstić information content (AvgIpc) is 3.05. The average molecular weight is 403 g/mol. The van der Waals surface area contributed by atoms with Crippen LogP contribution in [0.4, 0.5) is 13.2 Å². The molecular weight excluding hydrogens is 375 g/mol. The number of nitrogens with zero attached hydrogens (tertiary/aromatic N) is 3. The van der Waals surface area contributed by atoms with Crippen molar-refractivity contribution < 1.29 is 27.4 Å². The topological polar surface area (TPSA) is 56.6 Å². The Morgan fingerprint density at radius 3 is 2.57 bits per heavy atom. The van der Waals surface area contributed by atoms with E-state index in [1.807, 2.05) is 6.92 Å². The van der Waals surface area contributed by atoms with Crippen molar-refractivity contribution in [3.8, 4) is 0 Å². The number of hydrogen-bond acceptors (Lipinski definition) is 4. The molecule has 0 unspecified atom stereocenters. The van der Waals surface area contributed by atoms with Crippen LogP contribution in [0, 0.1) is 0 Å². The maximum atomic E-state index is 13.3. The van der Waals surface area contributed by atoms with E-state index in [0.29, 0.717) is 51.4 Å². The third kappa shape index (κ3) is 5.05. The number of likely N-dealkylation sites (tertiary alicyclic amines) is 1. The van der Waals surface area contributed by atoms with Gasteiger partial charge in [-0.1, -0.05) is 0 Å². The van der Waals surface area contributed by atoms with Gasteiger partial charge in [0.15, 0.2) is 5.69 Å². The van der Waals surface area contributed by atoms with Gasteiger partial charge >= 0.3 is 6.18 Å². The van der Waals surface area contributed by atoms with Crippen molar-refractivity contribution in [1.82, 2.24) is 14.7 Å². The summed E-state index contributed by atoms with van der Waals surface area (Å²) < 4.78 is 52.1. The highest BCUT2D eigenvalue weighted by Crippen LogP contribution is 2.35. The molecule has 158 valence electrons. The van der Waals surface area contributed by atoms with Crippen molar-refractivity contribution in [3.05, 3.63) is 17.0 Å². The Morgan fingerprint density at radius 1 is 1.18 bits per heavy atom. The number of ether oxygens (including phenoxy) is 2. The Balaban J connectivity index is 1.56. The first-order chi connectivity index (χ1) is 13.4. The monoisotopic (exact) mass is 403 g/mol. The molecule has 0 N–H and O–H groups in total. The van der Waals surface area contributed by atoms with Crippen molar-refractivity contribution in [2.75, 3.05) is 32.9 Å². The predicted molar refractivity (Wildman–Crippen MR) is 95.9 cm³/mol. The minimum absolute atomic E-state index is 0.0961. The van der Waals surface area contributed by atoms with E-state index < -0.39 is 11.9 Å². The number of carbonyl (C=O) groups is 1. The van der Waals surface area contributed by atoms with Gasteiger partial charge < -0.3 is 14.4 Å². The van der Waals surface area contributed by atoms with Gasteiger partial charge in [-0.15, -0.1) is 0 Å². The van der Waals surface area contributed by atoms with Gasteiger partial charge in [-0.05, 0) is 45.4 Å². The number of carbonyl (C=O) groups excluding carboxylic acids is 1. The van der Waals surface area contributed by atoms with Crippen LogP contribution in [0.3, 0.4) is 0 Å². The van der Waals surface area contributed by atoms with Gasteiger partial charge in [0.2, 0.25) is 5.91 Å². The number of fused-ring (bicyclic) bond motifs is 1. The number of amides is 1. The largest absolute Gasteiger partial charge is 0.435 e. The van der Waals surface area contributed by atoms with E-state index in [0.717, 1.165) is 25.7 Å². The molecule has 1 aliphatic carbocycles. The molecular formula is C19H28F3N3O3. The normalized spacial score (nSPS) is 18.4. The van der Waals surface area contributed by atoms with Crippen molar-refractivity contribution >= 4 is 5.91 Å². The van der Waals surface area contributed by atoms with E-state index in [1.54, 1.807) is 4.90 Å². The van der Waals surface area contributed by atoms with Crippen LogP contribution in [0.2, 0.25) is 0 Å². The van der Waals surface area contributed by atoms with Crippen molar-refractivity contribution in [2.24, 2.45) is 0 Å². The van der Waals surface area contributed by atoms with Crippen LogP contribution < -0.4 is 0 Å². The Morgan fingerprint density at radius 2 is 1.89 bits per heavy atom. The van der Waals surface area contributed by atoms with Gasteiger partial charge in [0.25, 0.3) is 0 Å². The standard InChI is InChI=1S/C19H28F3N3O3/c1-2-27-11-12-28-14-7-9-24(10-8-14)17(26)13-25-16-6-4-3-5-15(16)18(23-25)19(20,21)22/h14H,2-13H2,1H3. The predicted octanol–water partition coefficient (Wildman–Crippen LogP) is 2.82. The maximum absolute atomic E-state index is 13.3. The smallest absolute Gasteiger partial charge is 0.379 e. The third-order valence-corrected chi connectivity index (χ3v) is 5.39. The molecule has 9 heteroatoms. The molecule has 1 aliphatic heterocycles. The first kappa shape index (κ1) is 21.1. The second-order valence-electron chi connectivity index (χ2n) is 7.28. The fourth-order valence-electron chi connectivity index (χ4n) is 3.95. The lowest BCUT2D eigenvalue weighted by molar-refractivity contribution is -0.143. The summed E-state index contributed by atoms with van der Waals surface area (Å²) in [6.07, 6.45) is -0.455. The molecule has 1 amide bonds. The van der Waals surface area contributed by atoms with Crippen molar-refractivity contribution in [1.29, 1.82) is 0 Å². The Bertz CT molecular complexity index is 667. The lowest BCUT2D eigenvalue weighted by atomic mass is 9.95. The molecule has 1 fully saturated rings.